The van der Waals surface area contributed by atoms with Crippen molar-refractivity contribution in [3.63, 3.8) is 0 Å². The van der Waals surface area contributed by atoms with Crippen LogP contribution in [0.1, 0.15) is 16.1 Å². The van der Waals surface area contributed by atoms with Gasteiger partial charge in [-0.15, -0.1) is 11.3 Å². The molecule has 0 radical (unpaired) electrons. The van der Waals surface area contributed by atoms with Crippen molar-refractivity contribution in [1.82, 2.24) is 10.3 Å². The van der Waals surface area contributed by atoms with Gasteiger partial charge in [-0.25, -0.2) is 4.98 Å². The molecule has 4 rings (SSSR count). The summed E-state index contributed by atoms with van der Waals surface area (Å²) in [4.78, 5) is 17.0. The van der Waals surface area contributed by atoms with Crippen LogP contribution in [0.2, 0.25) is 0 Å². The quantitative estimate of drug-likeness (QED) is 0.430. The summed E-state index contributed by atoms with van der Waals surface area (Å²) >= 11 is 1.43. The van der Waals surface area contributed by atoms with E-state index >= 15 is 0 Å². The van der Waals surface area contributed by atoms with Crippen molar-refractivity contribution >= 4 is 17.2 Å². The van der Waals surface area contributed by atoms with Gasteiger partial charge in [-0.3, -0.25) is 4.79 Å². The molecule has 30 heavy (non-hydrogen) atoms. The Balaban J connectivity index is 1.39. The predicted molar refractivity (Wildman–Crippen MR) is 118 cm³/mol. The van der Waals surface area contributed by atoms with E-state index in [-0.39, 0.29) is 5.91 Å². The monoisotopic (exact) mass is 416 g/mol. The zero-order valence-electron chi connectivity index (χ0n) is 16.4. The molecule has 6 heteroatoms. The highest BCUT2D eigenvalue weighted by molar-refractivity contribution is 7.13. The summed E-state index contributed by atoms with van der Waals surface area (Å²) in [5, 5.41) is 5.46. The average molecular weight is 417 g/mol. The Bertz CT molecular complexity index is 1140. The van der Waals surface area contributed by atoms with E-state index in [1.165, 1.54) is 11.3 Å². The number of hydrogen-bond donors (Lipinski definition) is 1. The molecular weight excluding hydrogens is 396 g/mol. The lowest BCUT2D eigenvalue weighted by molar-refractivity contribution is 0.0946. The van der Waals surface area contributed by atoms with Crippen LogP contribution in [0, 0.1) is 0 Å². The minimum atomic E-state index is -0.213. The molecule has 4 aromatic rings. The number of rotatable bonds is 7. The molecule has 150 valence electrons. The van der Waals surface area contributed by atoms with E-state index in [0.29, 0.717) is 12.2 Å². The second-order valence-corrected chi connectivity index (χ2v) is 7.37. The van der Waals surface area contributed by atoms with Gasteiger partial charge in [-0.05, 0) is 42.0 Å². The second kappa shape index (κ2) is 9.24. The number of aromatic nitrogens is 1. The molecule has 0 saturated carbocycles. The molecule has 0 unspecified atom stereocenters. The second-order valence-electron chi connectivity index (χ2n) is 6.52. The third-order valence-corrected chi connectivity index (χ3v) is 5.28. The zero-order valence-corrected chi connectivity index (χ0v) is 17.2. The van der Waals surface area contributed by atoms with Crippen molar-refractivity contribution in [1.29, 1.82) is 0 Å². The molecule has 1 N–H and O–H groups in total. The molecular formula is C24H20N2O3S. The van der Waals surface area contributed by atoms with E-state index in [4.69, 9.17) is 9.47 Å². The SMILES string of the molecule is COc1cccc(-c2nc(C(=O)NCc3cccc(Oc4ccccc4)c3)cs2)c1. The molecule has 1 amide bonds. The number of carbonyl (C=O) groups excluding carboxylic acids is 1. The van der Waals surface area contributed by atoms with Crippen LogP contribution in [0.4, 0.5) is 0 Å². The largest absolute Gasteiger partial charge is 0.497 e. The van der Waals surface area contributed by atoms with Gasteiger partial charge in [0.1, 0.15) is 28.0 Å². The third kappa shape index (κ3) is 4.85. The predicted octanol–water partition coefficient (Wildman–Crippen LogP) is 5.54. The number of amides is 1. The summed E-state index contributed by atoms with van der Waals surface area (Å²) in [5.41, 5.74) is 2.26. The fourth-order valence-corrected chi connectivity index (χ4v) is 3.68. The fraction of sp³-hybridized carbons (Fsp3) is 0.0833. The van der Waals surface area contributed by atoms with Gasteiger partial charge >= 0.3 is 0 Å². The summed E-state index contributed by atoms with van der Waals surface area (Å²) in [5.74, 6) is 2.04. The lowest BCUT2D eigenvalue weighted by Gasteiger charge is -2.08. The first-order chi connectivity index (χ1) is 14.7. The van der Waals surface area contributed by atoms with Gasteiger partial charge in [-0.2, -0.15) is 0 Å². The van der Waals surface area contributed by atoms with Crippen molar-refractivity contribution in [2.45, 2.75) is 6.54 Å². The van der Waals surface area contributed by atoms with Crippen LogP contribution in [-0.4, -0.2) is 18.0 Å². The highest BCUT2D eigenvalue weighted by atomic mass is 32.1. The van der Waals surface area contributed by atoms with E-state index in [2.05, 4.69) is 10.3 Å². The first kappa shape index (κ1) is 19.7. The molecule has 1 heterocycles. The van der Waals surface area contributed by atoms with E-state index in [1.807, 2.05) is 78.9 Å². The molecule has 0 atom stereocenters. The van der Waals surface area contributed by atoms with E-state index < -0.39 is 0 Å². The molecule has 0 fully saturated rings. The summed E-state index contributed by atoms with van der Waals surface area (Å²) in [6.45, 7) is 0.386. The Labute approximate surface area is 178 Å². The molecule has 0 bridgehead atoms. The minimum Gasteiger partial charge on any atom is -0.497 e. The topological polar surface area (TPSA) is 60.5 Å². The summed E-state index contributed by atoms with van der Waals surface area (Å²) in [6, 6.07) is 24.9. The third-order valence-electron chi connectivity index (χ3n) is 4.38. The standard InChI is InChI=1S/C24H20N2O3S/c1-28-20-11-6-8-18(14-20)24-26-22(16-30-24)23(27)25-15-17-7-5-12-21(13-17)29-19-9-3-2-4-10-19/h2-14,16H,15H2,1H3,(H,25,27). The average Bonchev–Trinajstić information content (AvgIpc) is 3.29. The number of para-hydroxylation sites is 1. The summed E-state index contributed by atoms with van der Waals surface area (Å²) < 4.78 is 11.1. The van der Waals surface area contributed by atoms with Crippen molar-refractivity contribution in [3.05, 3.63) is 95.5 Å². The summed E-state index contributed by atoms with van der Waals surface area (Å²) in [7, 11) is 1.62. The Morgan fingerprint density at radius 3 is 2.53 bits per heavy atom. The van der Waals surface area contributed by atoms with Gasteiger partial charge in [0.05, 0.1) is 7.11 Å². The summed E-state index contributed by atoms with van der Waals surface area (Å²) in [6.07, 6.45) is 0. The molecule has 0 spiro atoms. The minimum absolute atomic E-state index is 0.213. The van der Waals surface area contributed by atoms with Gasteiger partial charge in [0, 0.05) is 17.5 Å². The number of carbonyl (C=O) groups is 1. The van der Waals surface area contributed by atoms with Crippen molar-refractivity contribution in [3.8, 4) is 27.8 Å². The number of nitrogens with one attached hydrogen (secondary N) is 1. The van der Waals surface area contributed by atoms with Crippen LogP contribution in [0.5, 0.6) is 17.2 Å². The molecule has 3 aromatic carbocycles. The number of hydrogen-bond acceptors (Lipinski definition) is 5. The van der Waals surface area contributed by atoms with Gasteiger partial charge < -0.3 is 14.8 Å². The van der Waals surface area contributed by atoms with Gasteiger partial charge in [0.25, 0.3) is 5.91 Å². The lowest BCUT2D eigenvalue weighted by atomic mass is 10.2. The van der Waals surface area contributed by atoms with E-state index in [1.54, 1.807) is 12.5 Å². The molecule has 0 aliphatic rings. The molecule has 0 saturated heterocycles. The van der Waals surface area contributed by atoms with Gasteiger partial charge in [0.15, 0.2) is 0 Å². The normalized spacial score (nSPS) is 10.4. The van der Waals surface area contributed by atoms with E-state index in [9.17, 15) is 4.79 Å². The number of benzene rings is 3. The maximum Gasteiger partial charge on any atom is 0.271 e. The van der Waals surface area contributed by atoms with Crippen molar-refractivity contribution in [2.24, 2.45) is 0 Å². The molecule has 5 nitrogen and oxygen atoms in total. The smallest absolute Gasteiger partial charge is 0.271 e. The van der Waals surface area contributed by atoms with Crippen molar-refractivity contribution < 1.29 is 14.3 Å². The number of ether oxygens (including phenoxy) is 2. The van der Waals surface area contributed by atoms with Crippen molar-refractivity contribution in [2.75, 3.05) is 7.11 Å². The number of thiazole rings is 1. The first-order valence-electron chi connectivity index (χ1n) is 9.41. The van der Waals surface area contributed by atoms with E-state index in [0.717, 1.165) is 33.4 Å². The van der Waals surface area contributed by atoms with Crippen LogP contribution in [0.15, 0.2) is 84.2 Å². The molecule has 0 aliphatic heterocycles. The molecule has 1 aromatic heterocycles. The maximum absolute atomic E-state index is 12.5. The molecule has 0 aliphatic carbocycles. The fourth-order valence-electron chi connectivity index (χ4n) is 2.88. The van der Waals surface area contributed by atoms with Gasteiger partial charge in [0.2, 0.25) is 0 Å². The maximum atomic E-state index is 12.5. The van der Waals surface area contributed by atoms with Crippen LogP contribution >= 0.6 is 11.3 Å². The highest BCUT2D eigenvalue weighted by Gasteiger charge is 2.12. The number of nitrogens with zero attached hydrogens (tertiary/aromatic N) is 1. The first-order valence-corrected chi connectivity index (χ1v) is 10.3. The van der Waals surface area contributed by atoms with Crippen LogP contribution in [0.3, 0.4) is 0 Å². The van der Waals surface area contributed by atoms with Crippen LogP contribution < -0.4 is 14.8 Å². The van der Waals surface area contributed by atoms with Gasteiger partial charge in [-0.1, -0.05) is 42.5 Å². The Kier molecular flexibility index (Phi) is 6.06. The number of methoxy groups -OCH3 is 1. The Morgan fingerprint density at radius 2 is 1.70 bits per heavy atom. The Hall–Kier alpha value is -3.64. The lowest BCUT2D eigenvalue weighted by Crippen LogP contribution is -2.23. The Morgan fingerprint density at radius 1 is 0.933 bits per heavy atom. The highest BCUT2D eigenvalue weighted by Crippen LogP contribution is 2.27. The van der Waals surface area contributed by atoms with Crippen LogP contribution in [0.25, 0.3) is 10.6 Å². The van der Waals surface area contributed by atoms with Crippen LogP contribution in [-0.2, 0) is 6.54 Å². The zero-order chi connectivity index (χ0) is 20.8.